The van der Waals surface area contributed by atoms with Gasteiger partial charge in [0, 0.05) is 80.4 Å². The van der Waals surface area contributed by atoms with Crippen molar-refractivity contribution < 1.29 is 122 Å². The lowest BCUT2D eigenvalue weighted by Crippen LogP contribution is -2.59. The highest BCUT2D eigenvalue weighted by Gasteiger charge is 2.40. The SMILES string of the molecule is CCCCCCCOCN(C(=O)[C@@H](NC(=O)C1CCCCN1C)C(C)CC)[C@H](C[C@@H](OC(C)=O)c1nc(C(=O)N[C@@H](Cc2ccc(O)cc2)C[C@H](C)C(=O)NNC(=O)OCCSSC[C@H](NC(=O)[C@H](CC(=O)O)NC(=O)C(CC(=O)O)NC(=O)Cc2ccc(CNC(=O)NCCCC[C@@H](C)NC(=O)N[C@@H](CCC(=O)O)C(=O)O)cc2)C(=O)O)cs1)C(C)C. The van der Waals surface area contributed by atoms with Gasteiger partial charge in [0.15, 0.2) is 6.10 Å². The maximum atomic E-state index is 15.2. The van der Waals surface area contributed by atoms with E-state index < -0.39 is 170 Å². The monoisotopic (exact) mass is 1790 g/mol. The Morgan fingerprint density at radius 2 is 1.28 bits per heavy atom. The predicted molar refractivity (Wildman–Crippen MR) is 454 cm³/mol. The summed E-state index contributed by atoms with van der Waals surface area (Å²) in [5, 5.41) is 82.0. The normalized spacial score (nSPS) is 15.3. The number of benzene rings is 2. The van der Waals surface area contributed by atoms with Crippen molar-refractivity contribution in [2.45, 2.75) is 251 Å². The number of hydrazine groups is 1. The molecule has 0 radical (unpaired) electrons. The number of hydrogen-bond donors (Lipinski definition) is 17. The number of likely N-dealkylation sites (N-methyl/N-ethyl adjacent to an activating group) is 1. The van der Waals surface area contributed by atoms with Gasteiger partial charge in [0.25, 0.3) is 5.91 Å². The number of carboxylic acids is 5. The second-order valence-electron chi connectivity index (χ2n) is 30.6. The van der Waals surface area contributed by atoms with Gasteiger partial charge in [-0.25, -0.2) is 34.4 Å². The lowest BCUT2D eigenvalue weighted by Gasteiger charge is -2.40. The Kier molecular flexibility index (Phi) is 47.9. The summed E-state index contributed by atoms with van der Waals surface area (Å²) in [5.74, 6) is -15.1. The maximum absolute atomic E-state index is 15.2. The molecule has 0 saturated carbocycles. The number of aliphatic carboxylic acids is 5. The van der Waals surface area contributed by atoms with Crippen LogP contribution in [0.4, 0.5) is 14.4 Å². The number of phenolic OH excluding ortho intramolecular Hbond substituents is 1. The molecule has 42 heteroatoms. The van der Waals surface area contributed by atoms with Crippen molar-refractivity contribution in [3.8, 4) is 5.75 Å². The average Bonchev–Trinajstić information content (AvgIpc) is 1.67. The molecule has 684 valence electrons. The lowest BCUT2D eigenvalue weighted by atomic mass is 9.92. The van der Waals surface area contributed by atoms with E-state index in [2.05, 4.69) is 70.6 Å². The zero-order chi connectivity index (χ0) is 91.3. The van der Waals surface area contributed by atoms with Crippen molar-refractivity contribution in [3.63, 3.8) is 0 Å². The first-order chi connectivity index (χ1) is 58.4. The molecule has 1 aliphatic rings. The molecule has 1 aromatic heterocycles. The van der Waals surface area contributed by atoms with Crippen LogP contribution >= 0.6 is 32.9 Å². The molecule has 3 unspecified atom stereocenters. The topological polar surface area (TPSA) is 574 Å². The zero-order valence-electron chi connectivity index (χ0n) is 71.0. The summed E-state index contributed by atoms with van der Waals surface area (Å²) in [6.07, 6.45) is 4.35. The molecular formula is C81H122N14O25S3. The molecule has 1 aliphatic heterocycles. The molecular weight excluding hydrogens is 1670 g/mol. The van der Waals surface area contributed by atoms with E-state index in [1.165, 1.54) is 36.6 Å². The molecule has 0 spiro atoms. The fourth-order valence-electron chi connectivity index (χ4n) is 13.0. The number of carboxylic acid groups (broad SMARTS) is 5. The summed E-state index contributed by atoms with van der Waals surface area (Å²) < 4.78 is 17.4. The number of rotatable bonds is 57. The molecule has 2 heterocycles. The number of nitrogens with zero attached hydrogens (tertiary/aromatic N) is 3. The summed E-state index contributed by atoms with van der Waals surface area (Å²) in [6.45, 7) is 15.4. The van der Waals surface area contributed by atoms with Crippen LogP contribution in [-0.4, -0.2) is 247 Å². The first-order valence-corrected chi connectivity index (χ1v) is 44.5. The van der Waals surface area contributed by atoms with E-state index in [0.29, 0.717) is 55.4 Å². The van der Waals surface area contributed by atoms with Gasteiger partial charge < -0.3 is 97.6 Å². The smallest absolute Gasteiger partial charge is 0.426 e. The van der Waals surface area contributed by atoms with E-state index in [1.54, 1.807) is 43.0 Å². The minimum atomic E-state index is -1.97. The number of nitrogens with one attached hydrogen (secondary N) is 11. The molecule has 1 fully saturated rings. The fourth-order valence-corrected chi connectivity index (χ4v) is 15.8. The minimum absolute atomic E-state index is 0.00999. The van der Waals surface area contributed by atoms with Crippen LogP contribution in [0, 0.1) is 17.8 Å². The molecule has 3 aromatic rings. The number of likely N-dealkylation sites (tertiary alicyclic amines) is 1. The Morgan fingerprint density at radius 3 is 1.90 bits per heavy atom. The number of urea groups is 2. The largest absolute Gasteiger partial charge is 0.508 e. The van der Waals surface area contributed by atoms with Crippen molar-refractivity contribution in [1.82, 2.24) is 73.5 Å². The molecule has 0 aliphatic carbocycles. The average molecular weight is 1790 g/mol. The summed E-state index contributed by atoms with van der Waals surface area (Å²) in [4.78, 5) is 214. The van der Waals surface area contributed by atoms with Gasteiger partial charge in [-0.2, -0.15) is 0 Å². The number of piperidine rings is 1. The highest BCUT2D eigenvalue weighted by molar-refractivity contribution is 8.76. The van der Waals surface area contributed by atoms with Crippen LogP contribution < -0.4 is 58.7 Å². The molecule has 4 rings (SSSR count). The van der Waals surface area contributed by atoms with Gasteiger partial charge in [-0.3, -0.25) is 63.1 Å². The second kappa shape index (κ2) is 56.2. The Bertz CT molecular complexity index is 3960. The van der Waals surface area contributed by atoms with Crippen LogP contribution in [0.15, 0.2) is 53.9 Å². The molecule has 123 heavy (non-hydrogen) atoms. The number of amides is 12. The van der Waals surface area contributed by atoms with Crippen LogP contribution in [0.2, 0.25) is 0 Å². The predicted octanol–water partition coefficient (Wildman–Crippen LogP) is 5.87. The number of carbonyl (C=O) groups is 16. The third kappa shape index (κ3) is 41.0. The fraction of sp³-hybridized carbons (Fsp3) is 0.617. The molecule has 12 amide bonds. The van der Waals surface area contributed by atoms with Crippen LogP contribution in [0.3, 0.4) is 0 Å². The van der Waals surface area contributed by atoms with Gasteiger partial charge in [-0.1, -0.05) is 138 Å². The lowest BCUT2D eigenvalue weighted by molar-refractivity contribution is -0.153. The summed E-state index contributed by atoms with van der Waals surface area (Å²) >= 11 is 1.06. The Hall–Kier alpha value is -10.6. The van der Waals surface area contributed by atoms with Gasteiger partial charge in [-0.05, 0) is 119 Å². The maximum Gasteiger partial charge on any atom is 0.426 e. The first kappa shape index (κ1) is 105. The molecule has 17 N–H and O–H groups in total. The van der Waals surface area contributed by atoms with E-state index in [9.17, 15) is 97.5 Å². The number of hydrogen-bond acceptors (Lipinski definition) is 25. The molecule has 0 bridgehead atoms. The third-order valence-corrected chi connectivity index (χ3v) is 23.4. The number of carbonyl (C=O) groups excluding carboxylic acids is 11. The van der Waals surface area contributed by atoms with Crippen LogP contribution in [0.1, 0.15) is 209 Å². The van der Waals surface area contributed by atoms with E-state index in [1.807, 2.05) is 39.6 Å². The number of phenols is 1. The highest BCUT2D eigenvalue weighted by Crippen LogP contribution is 2.33. The Balaban J connectivity index is 1.29. The van der Waals surface area contributed by atoms with Gasteiger partial charge in [-0.15, -0.1) is 11.3 Å². The molecule has 2 aromatic carbocycles. The number of esters is 1. The van der Waals surface area contributed by atoms with Gasteiger partial charge in [0.05, 0.1) is 25.3 Å². The number of ether oxygens (including phenoxy) is 3. The second-order valence-corrected chi connectivity index (χ2v) is 34.1. The summed E-state index contributed by atoms with van der Waals surface area (Å²) in [6, 6.07) is 1.16. The van der Waals surface area contributed by atoms with E-state index in [4.69, 9.17) is 19.3 Å². The van der Waals surface area contributed by atoms with E-state index in [0.717, 1.165) is 84.4 Å². The van der Waals surface area contributed by atoms with Crippen LogP contribution in [0.25, 0.3) is 0 Å². The van der Waals surface area contributed by atoms with Crippen molar-refractivity contribution >= 4 is 128 Å². The minimum Gasteiger partial charge on any atom is -0.508 e. The van der Waals surface area contributed by atoms with Crippen LogP contribution in [-0.2, 0) is 91.1 Å². The van der Waals surface area contributed by atoms with Crippen molar-refractivity contribution in [2.75, 3.05) is 51.6 Å². The number of aromatic nitrogens is 1. The standard InChI is InChI=1S/C81H122N14O25S3/c1-10-12-13-14-19-34-118-46-95(76(110)69(48(5)11-2)91-74(109)62-21-16-18-33-94(62)9)63(47(3)4)42-64(120-51(8)96)75-89-60(44-121-75)73(108)85-55(38-52-26-28-56(97)29-27-52)37-49(6)70(105)92-93-81(117)119-35-36-122-123-45-61(78(113)114)88-72(107)59(41-68(103)104)87-71(106)58(40-67(101)102)86-65(98)39-53-22-24-54(25-23-53)43-83-79(115)82-32-17-15-20-50(7)84-80(116)90-57(77(111)112)30-31-66(99)100/h22-29,44,47-50,55,57-59,61-64,69,97H,10-21,30-43,45-46H2,1-9H3,(H,85,108)(H,86,98)(H,87,106)(H,88,107)(H,91,109)(H,92,105)(H,93,117)(H,99,100)(H,101,102)(H,103,104)(H,111,112)(H,113,114)(H2,82,83,115)(H2,84,90,116)/t48?,49-,50+,55+,57-,58?,59-,61-,62?,63+,64+,69-/m0/s1. The van der Waals surface area contributed by atoms with Crippen molar-refractivity contribution in [3.05, 3.63) is 81.3 Å². The Labute approximate surface area is 726 Å². The molecule has 1 saturated heterocycles. The van der Waals surface area contributed by atoms with Gasteiger partial charge in [0.2, 0.25) is 35.4 Å². The number of thiazole rings is 1. The van der Waals surface area contributed by atoms with Gasteiger partial charge in [0.1, 0.15) is 60.0 Å². The Morgan fingerprint density at radius 1 is 0.642 bits per heavy atom. The van der Waals surface area contributed by atoms with Crippen molar-refractivity contribution in [1.29, 1.82) is 0 Å². The van der Waals surface area contributed by atoms with Crippen molar-refractivity contribution in [2.24, 2.45) is 17.8 Å². The third-order valence-electron chi connectivity index (χ3n) is 20.0. The van der Waals surface area contributed by atoms with E-state index >= 15 is 4.79 Å². The summed E-state index contributed by atoms with van der Waals surface area (Å²) in [5.41, 5.74) is 6.07. The van der Waals surface area contributed by atoms with E-state index in [-0.39, 0.29) is 110 Å². The zero-order valence-corrected chi connectivity index (χ0v) is 73.5. The number of aromatic hydroxyl groups is 1. The highest BCUT2D eigenvalue weighted by atomic mass is 33.1. The quantitative estimate of drug-likeness (QED) is 0.0103. The first-order valence-electron chi connectivity index (χ1n) is 41.1. The number of unbranched alkanes of at least 4 members (excludes halogenated alkanes) is 5. The molecule has 12 atom stereocenters. The van der Waals surface area contributed by atoms with Crippen LogP contribution in [0.5, 0.6) is 5.75 Å². The molecule has 39 nitrogen and oxygen atoms in total. The summed E-state index contributed by atoms with van der Waals surface area (Å²) in [7, 11) is 3.79. The van der Waals surface area contributed by atoms with Gasteiger partial charge >= 0.3 is 54.0 Å².